The number of carboxylic acid groups (broad SMARTS) is 1. The first-order valence-electron chi connectivity index (χ1n) is 3.45. The van der Waals surface area contributed by atoms with Crippen LogP contribution in [0.4, 0.5) is 18.9 Å². The number of azide groups is 1. The average Bonchev–Trinajstić information content (AvgIpc) is 2.18. The number of carbonyl (C=O) groups is 1. The van der Waals surface area contributed by atoms with Gasteiger partial charge < -0.3 is 5.11 Å². The van der Waals surface area contributed by atoms with Crippen molar-refractivity contribution in [2.24, 2.45) is 5.11 Å². The summed E-state index contributed by atoms with van der Waals surface area (Å²) in [4.78, 5) is 12.4. The van der Waals surface area contributed by atoms with E-state index in [4.69, 9.17) is 10.6 Å². The molecule has 8 heteroatoms. The summed E-state index contributed by atoms with van der Waals surface area (Å²) in [6.45, 7) is 0. The van der Waals surface area contributed by atoms with Gasteiger partial charge in [0.05, 0.1) is 5.56 Å². The lowest BCUT2D eigenvalue weighted by atomic mass is 10.1. The predicted molar refractivity (Wildman–Crippen MR) is 42.1 cm³/mol. The van der Waals surface area contributed by atoms with E-state index < -0.39 is 34.7 Å². The first kappa shape index (κ1) is 10.9. The van der Waals surface area contributed by atoms with Crippen LogP contribution in [-0.4, -0.2) is 11.1 Å². The molecule has 0 aromatic heterocycles. The molecule has 0 atom stereocenters. The Kier molecular flexibility index (Phi) is 2.82. The largest absolute Gasteiger partial charge is 0.478 e. The third-order valence-electron chi connectivity index (χ3n) is 1.51. The van der Waals surface area contributed by atoms with Gasteiger partial charge in [0, 0.05) is 4.91 Å². The monoisotopic (exact) mass is 217 g/mol. The summed E-state index contributed by atoms with van der Waals surface area (Å²) in [5.41, 5.74) is 5.55. The Labute approximate surface area is 80.4 Å². The minimum atomic E-state index is -1.79. The fourth-order valence-electron chi connectivity index (χ4n) is 0.879. The smallest absolute Gasteiger partial charge is 0.338 e. The van der Waals surface area contributed by atoms with Crippen molar-refractivity contribution in [3.8, 4) is 0 Å². The van der Waals surface area contributed by atoms with Gasteiger partial charge in [-0.3, -0.25) is 0 Å². The van der Waals surface area contributed by atoms with Crippen LogP contribution >= 0.6 is 0 Å². The highest BCUT2D eigenvalue weighted by molar-refractivity contribution is 5.89. The number of carboxylic acids is 1. The van der Waals surface area contributed by atoms with Crippen molar-refractivity contribution in [3.63, 3.8) is 0 Å². The van der Waals surface area contributed by atoms with Crippen molar-refractivity contribution in [2.75, 3.05) is 0 Å². The molecular formula is C7H2F3N3O2. The average molecular weight is 217 g/mol. The lowest BCUT2D eigenvalue weighted by Gasteiger charge is -2.02. The van der Waals surface area contributed by atoms with E-state index in [1.54, 1.807) is 0 Å². The molecule has 15 heavy (non-hydrogen) atoms. The minimum absolute atomic E-state index is 0.170. The van der Waals surface area contributed by atoms with Crippen molar-refractivity contribution in [1.82, 2.24) is 0 Å². The Morgan fingerprint density at radius 2 is 2.00 bits per heavy atom. The molecule has 0 aliphatic carbocycles. The zero-order valence-electron chi connectivity index (χ0n) is 6.91. The summed E-state index contributed by atoms with van der Waals surface area (Å²) in [5.74, 6) is -6.73. The van der Waals surface area contributed by atoms with E-state index in [1.165, 1.54) is 0 Å². The fourth-order valence-corrected chi connectivity index (χ4v) is 0.879. The number of benzene rings is 1. The molecule has 0 bridgehead atoms. The molecule has 78 valence electrons. The number of hydrogen-bond donors (Lipinski definition) is 1. The molecule has 1 aromatic rings. The summed E-state index contributed by atoms with van der Waals surface area (Å²) in [5, 5.41) is 10.9. The summed E-state index contributed by atoms with van der Waals surface area (Å²) in [6, 6.07) is 0.170. The molecule has 0 aliphatic rings. The molecule has 0 saturated carbocycles. The summed E-state index contributed by atoms with van der Waals surface area (Å²) < 4.78 is 38.6. The molecule has 0 amide bonds. The topological polar surface area (TPSA) is 86.1 Å². The van der Waals surface area contributed by atoms with Crippen LogP contribution in [0.5, 0.6) is 0 Å². The summed E-state index contributed by atoms with van der Waals surface area (Å²) in [7, 11) is 0. The predicted octanol–water partition coefficient (Wildman–Crippen LogP) is 2.74. The Bertz CT molecular complexity index is 483. The van der Waals surface area contributed by atoms with Crippen LogP contribution in [0.2, 0.25) is 0 Å². The Morgan fingerprint density at radius 1 is 1.40 bits per heavy atom. The van der Waals surface area contributed by atoms with Crippen molar-refractivity contribution >= 4 is 11.7 Å². The van der Waals surface area contributed by atoms with Crippen LogP contribution in [0.25, 0.3) is 10.4 Å². The third kappa shape index (κ3) is 1.84. The van der Waals surface area contributed by atoms with Gasteiger partial charge in [-0.05, 0) is 11.6 Å². The molecule has 0 saturated heterocycles. The van der Waals surface area contributed by atoms with Gasteiger partial charge in [0.2, 0.25) is 0 Å². The van der Waals surface area contributed by atoms with Gasteiger partial charge in [-0.25, -0.2) is 18.0 Å². The SMILES string of the molecule is [N-]=[N+]=Nc1c(F)c(F)cc(C(=O)O)c1F. The van der Waals surface area contributed by atoms with Crippen LogP contribution in [0.15, 0.2) is 11.2 Å². The molecule has 0 aliphatic heterocycles. The highest BCUT2D eigenvalue weighted by atomic mass is 19.2. The Morgan fingerprint density at radius 3 is 2.47 bits per heavy atom. The van der Waals surface area contributed by atoms with E-state index in [2.05, 4.69) is 10.0 Å². The van der Waals surface area contributed by atoms with Crippen LogP contribution in [-0.2, 0) is 0 Å². The first-order chi connectivity index (χ1) is 6.99. The maximum absolute atomic E-state index is 13.1. The summed E-state index contributed by atoms with van der Waals surface area (Å²) >= 11 is 0. The molecule has 1 N–H and O–H groups in total. The van der Waals surface area contributed by atoms with Gasteiger partial charge in [-0.2, -0.15) is 0 Å². The normalized spacial score (nSPS) is 9.53. The van der Waals surface area contributed by atoms with Crippen molar-refractivity contribution in [2.45, 2.75) is 0 Å². The van der Waals surface area contributed by atoms with Gasteiger partial charge >= 0.3 is 5.97 Å². The molecule has 0 spiro atoms. The molecule has 5 nitrogen and oxygen atoms in total. The second kappa shape index (κ2) is 3.89. The standard InChI is InChI=1S/C7H2F3N3O2/c8-3-1-2(7(14)15)4(9)6(5(3)10)12-13-11/h1H,(H,14,15). The van der Waals surface area contributed by atoms with Gasteiger partial charge in [0.1, 0.15) is 11.5 Å². The fraction of sp³-hybridized carbons (Fsp3) is 0. The number of halogens is 3. The second-order valence-corrected chi connectivity index (χ2v) is 2.38. The maximum Gasteiger partial charge on any atom is 0.338 e. The first-order valence-corrected chi connectivity index (χ1v) is 3.45. The molecule has 0 radical (unpaired) electrons. The Hall–Kier alpha value is -2.21. The molecule has 1 rings (SSSR count). The van der Waals surface area contributed by atoms with Gasteiger partial charge in [-0.15, -0.1) is 0 Å². The Balaban J connectivity index is 3.62. The molecule has 1 aromatic carbocycles. The molecule has 0 unspecified atom stereocenters. The highest BCUT2D eigenvalue weighted by Gasteiger charge is 2.21. The van der Waals surface area contributed by atoms with E-state index >= 15 is 0 Å². The lowest BCUT2D eigenvalue weighted by molar-refractivity contribution is 0.0691. The zero-order chi connectivity index (χ0) is 11.6. The van der Waals surface area contributed by atoms with Gasteiger partial charge in [-0.1, -0.05) is 5.11 Å². The van der Waals surface area contributed by atoms with Crippen LogP contribution < -0.4 is 0 Å². The zero-order valence-corrected chi connectivity index (χ0v) is 6.91. The quantitative estimate of drug-likeness (QED) is 0.357. The van der Waals surface area contributed by atoms with Crippen LogP contribution in [0, 0.1) is 17.5 Å². The maximum atomic E-state index is 13.1. The molecular weight excluding hydrogens is 215 g/mol. The van der Waals surface area contributed by atoms with Crippen molar-refractivity contribution in [1.29, 1.82) is 0 Å². The number of nitrogens with zero attached hydrogens (tertiary/aromatic N) is 3. The van der Waals surface area contributed by atoms with Crippen LogP contribution in [0.3, 0.4) is 0 Å². The highest BCUT2D eigenvalue weighted by Crippen LogP contribution is 2.27. The number of rotatable bonds is 2. The summed E-state index contributed by atoms with van der Waals surface area (Å²) in [6.07, 6.45) is 0. The van der Waals surface area contributed by atoms with E-state index in [-0.39, 0.29) is 6.07 Å². The minimum Gasteiger partial charge on any atom is -0.478 e. The van der Waals surface area contributed by atoms with E-state index in [0.29, 0.717) is 0 Å². The van der Waals surface area contributed by atoms with Gasteiger partial charge in [0.25, 0.3) is 0 Å². The van der Waals surface area contributed by atoms with E-state index in [0.717, 1.165) is 0 Å². The third-order valence-corrected chi connectivity index (χ3v) is 1.51. The van der Waals surface area contributed by atoms with Crippen LogP contribution in [0.1, 0.15) is 10.4 Å². The number of hydrogen-bond acceptors (Lipinski definition) is 2. The van der Waals surface area contributed by atoms with Crippen molar-refractivity contribution < 1.29 is 23.1 Å². The molecule has 0 heterocycles. The number of aromatic carboxylic acids is 1. The second-order valence-electron chi connectivity index (χ2n) is 2.38. The molecule has 0 fully saturated rings. The van der Waals surface area contributed by atoms with E-state index in [1.807, 2.05) is 0 Å². The lowest BCUT2D eigenvalue weighted by Crippen LogP contribution is -2.03. The van der Waals surface area contributed by atoms with E-state index in [9.17, 15) is 18.0 Å². The van der Waals surface area contributed by atoms with Gasteiger partial charge in [0.15, 0.2) is 11.6 Å². The van der Waals surface area contributed by atoms with Crippen molar-refractivity contribution in [3.05, 3.63) is 39.5 Å².